The van der Waals surface area contributed by atoms with Gasteiger partial charge in [0.05, 0.1) is 30.1 Å². The third kappa shape index (κ3) is 4.79. The van der Waals surface area contributed by atoms with Gasteiger partial charge in [-0.05, 0) is 30.7 Å². The Balaban J connectivity index is 1.26. The Morgan fingerprint density at radius 3 is 2.97 bits per heavy atom. The number of halogens is 1. The van der Waals surface area contributed by atoms with Gasteiger partial charge in [0.25, 0.3) is 15.9 Å². The molecule has 1 aromatic carbocycles. The molecule has 0 saturated carbocycles. The molecule has 194 valence electrons. The lowest BCUT2D eigenvalue weighted by Gasteiger charge is -2.40. The highest BCUT2D eigenvalue weighted by molar-refractivity contribution is 7.89. The van der Waals surface area contributed by atoms with E-state index >= 15 is 0 Å². The summed E-state index contributed by atoms with van der Waals surface area (Å²) in [5.41, 5.74) is 1.62. The van der Waals surface area contributed by atoms with Crippen molar-refractivity contribution in [1.29, 1.82) is 0 Å². The van der Waals surface area contributed by atoms with E-state index < -0.39 is 10.0 Å². The molecule has 3 aromatic heterocycles. The number of amides is 1. The molecular formula is C24H25ClN6O4S2. The molecule has 0 radical (unpaired) electrons. The summed E-state index contributed by atoms with van der Waals surface area (Å²) in [6.45, 7) is 2.35. The minimum atomic E-state index is -3.81. The van der Waals surface area contributed by atoms with Crippen molar-refractivity contribution in [2.75, 3.05) is 26.2 Å². The molecule has 0 aliphatic carbocycles. The molecule has 5 heterocycles. The molecule has 1 fully saturated rings. The van der Waals surface area contributed by atoms with Crippen LogP contribution in [0.25, 0.3) is 10.9 Å². The first kappa shape index (κ1) is 24.6. The molecule has 37 heavy (non-hydrogen) atoms. The first-order chi connectivity index (χ1) is 17.9. The lowest BCUT2D eigenvalue weighted by Crippen LogP contribution is -2.56. The summed E-state index contributed by atoms with van der Waals surface area (Å²) in [7, 11) is -3.81. The second kappa shape index (κ2) is 9.84. The van der Waals surface area contributed by atoms with E-state index in [2.05, 4.69) is 15.0 Å². The van der Waals surface area contributed by atoms with E-state index in [1.807, 2.05) is 10.8 Å². The van der Waals surface area contributed by atoms with Crippen LogP contribution >= 0.6 is 22.9 Å². The SMILES string of the molecule is O=C(c1nc2c(s1)COCC2)N1CCN(S(=O)(=O)c2cc3cc(Cl)ccc3[nH]2)CC1CCn1ccnc1. The van der Waals surface area contributed by atoms with E-state index in [-0.39, 0.29) is 36.6 Å². The van der Waals surface area contributed by atoms with Crippen LogP contribution in [-0.2, 0) is 34.3 Å². The Bertz CT molecular complexity index is 1520. The largest absolute Gasteiger partial charge is 0.375 e. The third-order valence-corrected chi connectivity index (χ3v) is 9.92. The van der Waals surface area contributed by atoms with Gasteiger partial charge in [-0.1, -0.05) is 11.6 Å². The van der Waals surface area contributed by atoms with E-state index in [0.29, 0.717) is 48.1 Å². The summed E-state index contributed by atoms with van der Waals surface area (Å²) < 4.78 is 36.1. The molecule has 4 aromatic rings. The van der Waals surface area contributed by atoms with Crippen molar-refractivity contribution in [3.05, 3.63) is 63.6 Å². The Kier molecular flexibility index (Phi) is 6.53. The number of aromatic amines is 1. The van der Waals surface area contributed by atoms with E-state index in [0.717, 1.165) is 16.0 Å². The standard InChI is InChI=1S/C24H25ClN6O4S2/c25-17-1-2-19-16(11-17)12-22(27-19)37(33,34)30-8-9-31(18(13-30)3-6-29-7-5-26-15-29)24(32)23-28-20-4-10-35-14-21(20)36-23/h1-2,5,7,11-12,15,18,27H,3-4,6,8-10,13-14H2. The molecule has 10 nitrogen and oxygen atoms in total. The van der Waals surface area contributed by atoms with Crippen molar-refractivity contribution < 1.29 is 17.9 Å². The fraction of sp³-hybridized carbons (Fsp3) is 0.375. The summed E-state index contributed by atoms with van der Waals surface area (Å²) in [5, 5.41) is 1.82. The number of hydrogen-bond acceptors (Lipinski definition) is 7. The highest BCUT2D eigenvalue weighted by atomic mass is 35.5. The molecule has 1 atom stereocenters. The van der Waals surface area contributed by atoms with Crippen molar-refractivity contribution in [2.24, 2.45) is 0 Å². The molecule has 1 saturated heterocycles. The van der Waals surface area contributed by atoms with Crippen LogP contribution in [0.15, 0.2) is 48.0 Å². The van der Waals surface area contributed by atoms with Crippen LogP contribution in [0.1, 0.15) is 26.8 Å². The second-order valence-electron chi connectivity index (χ2n) is 9.16. The molecule has 2 aliphatic rings. The fourth-order valence-electron chi connectivity index (χ4n) is 4.87. The maximum absolute atomic E-state index is 13.6. The number of imidazole rings is 1. The molecule has 0 spiro atoms. The average Bonchev–Trinajstić information content (AvgIpc) is 3.66. The van der Waals surface area contributed by atoms with Crippen molar-refractivity contribution in [2.45, 2.75) is 37.1 Å². The summed E-state index contributed by atoms with van der Waals surface area (Å²) in [4.78, 5) is 28.1. The van der Waals surface area contributed by atoms with Gasteiger partial charge in [0.1, 0.15) is 5.03 Å². The zero-order chi connectivity index (χ0) is 25.6. The molecule has 6 rings (SSSR count). The maximum atomic E-state index is 13.6. The minimum absolute atomic E-state index is 0.116. The summed E-state index contributed by atoms with van der Waals surface area (Å²) >= 11 is 7.46. The van der Waals surface area contributed by atoms with Gasteiger partial charge in [-0.25, -0.2) is 18.4 Å². The molecule has 1 amide bonds. The topological polar surface area (TPSA) is 113 Å². The number of benzene rings is 1. The molecule has 1 unspecified atom stereocenters. The molecule has 13 heteroatoms. The smallest absolute Gasteiger partial charge is 0.283 e. The van der Waals surface area contributed by atoms with Gasteiger partial charge in [0, 0.05) is 67.0 Å². The van der Waals surface area contributed by atoms with Crippen LogP contribution < -0.4 is 0 Å². The zero-order valence-corrected chi connectivity index (χ0v) is 22.2. The van der Waals surface area contributed by atoms with E-state index in [9.17, 15) is 13.2 Å². The number of piperazine rings is 1. The second-order valence-corrected chi connectivity index (χ2v) is 12.6. The normalized spacial score (nSPS) is 18.8. The molecule has 1 N–H and O–H groups in total. The molecule has 2 aliphatic heterocycles. The highest BCUT2D eigenvalue weighted by Gasteiger charge is 2.38. The maximum Gasteiger partial charge on any atom is 0.283 e. The predicted octanol–water partition coefficient (Wildman–Crippen LogP) is 3.15. The van der Waals surface area contributed by atoms with Crippen LogP contribution in [-0.4, -0.2) is 75.3 Å². The summed E-state index contributed by atoms with van der Waals surface area (Å²) in [6, 6.07) is 6.50. The monoisotopic (exact) mass is 560 g/mol. The van der Waals surface area contributed by atoms with E-state index in [1.54, 1.807) is 41.7 Å². The number of carbonyl (C=O) groups is 1. The first-order valence-electron chi connectivity index (χ1n) is 12.0. The van der Waals surface area contributed by atoms with Gasteiger partial charge in [-0.2, -0.15) is 4.31 Å². The third-order valence-electron chi connectivity index (χ3n) is 6.84. The van der Waals surface area contributed by atoms with Gasteiger partial charge >= 0.3 is 0 Å². The van der Waals surface area contributed by atoms with Crippen LogP contribution in [0.2, 0.25) is 5.02 Å². The number of H-pyrrole nitrogens is 1. The lowest BCUT2D eigenvalue weighted by molar-refractivity contribution is 0.0542. The Labute approximate surface area is 222 Å². The van der Waals surface area contributed by atoms with Gasteiger partial charge < -0.3 is 19.2 Å². The van der Waals surface area contributed by atoms with Gasteiger partial charge in [0.15, 0.2) is 5.01 Å². The molecular weight excluding hydrogens is 536 g/mol. The predicted molar refractivity (Wildman–Crippen MR) is 139 cm³/mol. The number of thiazole rings is 1. The quantitative estimate of drug-likeness (QED) is 0.387. The highest BCUT2D eigenvalue weighted by Crippen LogP contribution is 2.29. The van der Waals surface area contributed by atoms with Crippen LogP contribution in [0.5, 0.6) is 0 Å². The van der Waals surface area contributed by atoms with Crippen molar-refractivity contribution in [3.63, 3.8) is 0 Å². The number of sulfonamides is 1. The van der Waals surface area contributed by atoms with Gasteiger partial charge in [0.2, 0.25) is 0 Å². The number of aryl methyl sites for hydroxylation is 1. The van der Waals surface area contributed by atoms with Crippen LogP contribution in [0.3, 0.4) is 0 Å². The van der Waals surface area contributed by atoms with Crippen molar-refractivity contribution >= 4 is 49.8 Å². The van der Waals surface area contributed by atoms with Crippen molar-refractivity contribution in [1.82, 2.24) is 28.7 Å². The minimum Gasteiger partial charge on any atom is -0.375 e. The van der Waals surface area contributed by atoms with E-state index in [4.69, 9.17) is 16.3 Å². The fourth-order valence-corrected chi connectivity index (χ4v) is 7.54. The van der Waals surface area contributed by atoms with Gasteiger partial charge in [-0.3, -0.25) is 4.79 Å². The lowest BCUT2D eigenvalue weighted by atomic mass is 10.1. The van der Waals surface area contributed by atoms with E-state index in [1.165, 1.54) is 15.6 Å². The van der Waals surface area contributed by atoms with Gasteiger partial charge in [-0.15, -0.1) is 11.3 Å². The number of fused-ring (bicyclic) bond motifs is 2. The van der Waals surface area contributed by atoms with Crippen LogP contribution in [0, 0.1) is 0 Å². The number of hydrogen-bond donors (Lipinski definition) is 1. The Hall–Kier alpha value is -2.77. The Morgan fingerprint density at radius 2 is 2.16 bits per heavy atom. The van der Waals surface area contributed by atoms with Crippen LogP contribution in [0.4, 0.5) is 0 Å². The number of rotatable bonds is 6. The molecule has 0 bridgehead atoms. The summed E-state index contributed by atoms with van der Waals surface area (Å²) in [6.07, 6.45) is 6.54. The number of carbonyl (C=O) groups excluding carboxylic acids is 1. The van der Waals surface area contributed by atoms with Crippen molar-refractivity contribution in [3.8, 4) is 0 Å². The first-order valence-corrected chi connectivity index (χ1v) is 14.6. The summed E-state index contributed by atoms with van der Waals surface area (Å²) in [5.74, 6) is -0.160. The number of nitrogens with one attached hydrogen (secondary N) is 1. The number of ether oxygens (including phenoxy) is 1. The number of nitrogens with zero attached hydrogens (tertiary/aromatic N) is 5. The zero-order valence-electron chi connectivity index (χ0n) is 19.8. The average molecular weight is 561 g/mol. The Morgan fingerprint density at radius 1 is 1.27 bits per heavy atom. The number of aromatic nitrogens is 4.